The van der Waals surface area contributed by atoms with Gasteiger partial charge in [0.05, 0.1) is 6.54 Å². The Balaban J connectivity index is 2.52. The van der Waals surface area contributed by atoms with E-state index in [2.05, 4.69) is 4.98 Å². The zero-order valence-electron chi connectivity index (χ0n) is 7.58. The van der Waals surface area contributed by atoms with Crippen LogP contribution in [0.25, 0.3) is 0 Å². The van der Waals surface area contributed by atoms with Crippen LogP contribution in [0.5, 0.6) is 0 Å². The number of Topliss-reactive ketones (excluding diaryl/α,β-unsaturated/α-hetero) is 1. The third kappa shape index (κ3) is 2.19. The minimum absolute atomic E-state index is 0.276. The van der Waals surface area contributed by atoms with Gasteiger partial charge in [-0.1, -0.05) is 6.92 Å². The maximum Gasteiger partial charge on any atom is 0.152 e. The monoisotopic (exact) mass is 166 g/mol. The van der Waals surface area contributed by atoms with Crippen molar-refractivity contribution in [2.24, 2.45) is 0 Å². The van der Waals surface area contributed by atoms with Gasteiger partial charge in [0.25, 0.3) is 0 Å². The van der Waals surface area contributed by atoms with Gasteiger partial charge < -0.3 is 4.57 Å². The van der Waals surface area contributed by atoms with E-state index in [1.807, 2.05) is 24.6 Å². The van der Waals surface area contributed by atoms with Crippen LogP contribution in [-0.4, -0.2) is 15.3 Å². The topological polar surface area (TPSA) is 34.9 Å². The number of imidazole rings is 1. The zero-order valence-corrected chi connectivity index (χ0v) is 7.58. The van der Waals surface area contributed by atoms with Gasteiger partial charge in [-0.2, -0.15) is 0 Å². The Kier molecular flexibility index (Phi) is 3.02. The fourth-order valence-corrected chi connectivity index (χ4v) is 1.12. The lowest BCUT2D eigenvalue weighted by Gasteiger charge is -2.02. The highest BCUT2D eigenvalue weighted by Gasteiger charge is 2.02. The van der Waals surface area contributed by atoms with Crippen molar-refractivity contribution in [3.8, 4) is 0 Å². The van der Waals surface area contributed by atoms with Crippen molar-refractivity contribution < 1.29 is 4.79 Å². The molecule has 0 amide bonds. The number of hydrogen-bond donors (Lipinski definition) is 0. The van der Waals surface area contributed by atoms with E-state index in [9.17, 15) is 4.79 Å². The van der Waals surface area contributed by atoms with Crippen molar-refractivity contribution in [2.75, 3.05) is 0 Å². The maximum absolute atomic E-state index is 11.2. The molecule has 0 saturated carbocycles. The van der Waals surface area contributed by atoms with Gasteiger partial charge in [0, 0.05) is 18.8 Å². The summed E-state index contributed by atoms with van der Waals surface area (Å²) in [6.45, 7) is 4.39. The minimum Gasteiger partial charge on any atom is -0.328 e. The first kappa shape index (κ1) is 8.97. The Hall–Kier alpha value is -1.12. The summed E-state index contributed by atoms with van der Waals surface area (Å²) in [6, 6.07) is 0. The number of ketones is 1. The normalized spacial score (nSPS) is 10.2. The van der Waals surface area contributed by atoms with Gasteiger partial charge in [0.1, 0.15) is 5.82 Å². The molecule has 3 heteroatoms. The molecule has 0 aromatic carbocycles. The summed E-state index contributed by atoms with van der Waals surface area (Å²) >= 11 is 0. The molecule has 0 N–H and O–H groups in total. The summed E-state index contributed by atoms with van der Waals surface area (Å²) in [4.78, 5) is 15.3. The van der Waals surface area contributed by atoms with Crippen molar-refractivity contribution in [2.45, 2.75) is 33.2 Å². The fourth-order valence-electron chi connectivity index (χ4n) is 1.12. The van der Waals surface area contributed by atoms with Crippen molar-refractivity contribution in [1.29, 1.82) is 0 Å². The molecule has 0 unspecified atom stereocenters. The highest BCUT2D eigenvalue weighted by molar-refractivity contribution is 5.78. The standard InChI is InChI=1S/C9H14N2O/c1-3-4-9(12)7-11-6-5-10-8(11)2/h5-6H,3-4,7H2,1-2H3. The molecule has 0 fully saturated rings. The molecule has 1 aromatic heterocycles. The van der Waals surface area contributed by atoms with Crippen LogP contribution in [-0.2, 0) is 11.3 Å². The second-order valence-corrected chi connectivity index (χ2v) is 2.89. The fraction of sp³-hybridized carbons (Fsp3) is 0.556. The van der Waals surface area contributed by atoms with E-state index in [0.29, 0.717) is 13.0 Å². The average molecular weight is 166 g/mol. The smallest absolute Gasteiger partial charge is 0.152 e. The SMILES string of the molecule is CCCC(=O)Cn1ccnc1C. The minimum atomic E-state index is 0.276. The van der Waals surface area contributed by atoms with Crippen molar-refractivity contribution in [3.05, 3.63) is 18.2 Å². The van der Waals surface area contributed by atoms with E-state index in [4.69, 9.17) is 0 Å². The number of rotatable bonds is 4. The summed E-state index contributed by atoms with van der Waals surface area (Å²) in [5.74, 6) is 1.18. The van der Waals surface area contributed by atoms with E-state index in [-0.39, 0.29) is 5.78 Å². The van der Waals surface area contributed by atoms with Gasteiger partial charge in [-0.3, -0.25) is 4.79 Å². The number of aryl methyl sites for hydroxylation is 1. The predicted octanol–water partition coefficient (Wildman–Crippen LogP) is 1.56. The predicted molar refractivity (Wildman–Crippen MR) is 46.9 cm³/mol. The maximum atomic E-state index is 11.2. The molecule has 1 aromatic rings. The Morgan fingerprint density at radius 1 is 1.67 bits per heavy atom. The quantitative estimate of drug-likeness (QED) is 0.680. The Labute approximate surface area is 72.4 Å². The lowest BCUT2D eigenvalue weighted by atomic mass is 10.2. The number of carbonyl (C=O) groups excluding carboxylic acids is 1. The second-order valence-electron chi connectivity index (χ2n) is 2.89. The largest absolute Gasteiger partial charge is 0.328 e. The number of nitrogens with zero attached hydrogens (tertiary/aromatic N) is 2. The van der Waals surface area contributed by atoms with E-state index in [0.717, 1.165) is 12.2 Å². The van der Waals surface area contributed by atoms with Crippen molar-refractivity contribution in [3.63, 3.8) is 0 Å². The highest BCUT2D eigenvalue weighted by Crippen LogP contribution is 1.98. The van der Waals surface area contributed by atoms with Crippen LogP contribution < -0.4 is 0 Å². The Morgan fingerprint density at radius 3 is 2.92 bits per heavy atom. The lowest BCUT2D eigenvalue weighted by molar-refractivity contribution is -0.119. The molecular formula is C9H14N2O. The Morgan fingerprint density at radius 2 is 2.42 bits per heavy atom. The molecule has 0 aliphatic carbocycles. The van der Waals surface area contributed by atoms with Crippen LogP contribution in [0.3, 0.4) is 0 Å². The van der Waals surface area contributed by atoms with Crippen LogP contribution in [0.15, 0.2) is 12.4 Å². The summed E-state index contributed by atoms with van der Waals surface area (Å²) in [5, 5.41) is 0. The number of aromatic nitrogens is 2. The number of hydrogen-bond acceptors (Lipinski definition) is 2. The van der Waals surface area contributed by atoms with E-state index < -0.39 is 0 Å². The van der Waals surface area contributed by atoms with Crippen molar-refractivity contribution >= 4 is 5.78 Å². The molecule has 0 atom stereocenters. The van der Waals surface area contributed by atoms with Crippen LogP contribution >= 0.6 is 0 Å². The third-order valence-corrected chi connectivity index (χ3v) is 1.80. The molecule has 0 radical (unpaired) electrons. The van der Waals surface area contributed by atoms with E-state index >= 15 is 0 Å². The highest BCUT2D eigenvalue weighted by atomic mass is 16.1. The van der Waals surface area contributed by atoms with Gasteiger partial charge in [0.2, 0.25) is 0 Å². The number of carbonyl (C=O) groups is 1. The van der Waals surface area contributed by atoms with Crippen LogP contribution in [0.2, 0.25) is 0 Å². The van der Waals surface area contributed by atoms with Crippen LogP contribution in [0, 0.1) is 6.92 Å². The molecule has 0 saturated heterocycles. The lowest BCUT2D eigenvalue weighted by Crippen LogP contribution is -2.09. The molecule has 1 rings (SSSR count). The Bertz CT molecular complexity index is 265. The first-order valence-corrected chi connectivity index (χ1v) is 4.23. The van der Waals surface area contributed by atoms with E-state index in [1.165, 1.54) is 0 Å². The van der Waals surface area contributed by atoms with Crippen LogP contribution in [0.1, 0.15) is 25.6 Å². The molecule has 0 aliphatic heterocycles. The van der Waals surface area contributed by atoms with Gasteiger partial charge in [-0.05, 0) is 13.3 Å². The first-order chi connectivity index (χ1) is 5.74. The molecule has 0 aliphatic rings. The molecule has 1 heterocycles. The van der Waals surface area contributed by atoms with Crippen molar-refractivity contribution in [1.82, 2.24) is 9.55 Å². The second kappa shape index (κ2) is 4.04. The zero-order chi connectivity index (χ0) is 8.97. The van der Waals surface area contributed by atoms with Gasteiger partial charge in [-0.25, -0.2) is 4.98 Å². The average Bonchev–Trinajstić information content (AvgIpc) is 2.37. The van der Waals surface area contributed by atoms with Crippen LogP contribution in [0.4, 0.5) is 0 Å². The molecule has 66 valence electrons. The molecule has 0 spiro atoms. The summed E-state index contributed by atoms with van der Waals surface area (Å²) in [7, 11) is 0. The van der Waals surface area contributed by atoms with Gasteiger partial charge in [-0.15, -0.1) is 0 Å². The molecular weight excluding hydrogens is 152 g/mol. The van der Waals surface area contributed by atoms with E-state index in [1.54, 1.807) is 6.20 Å². The summed E-state index contributed by atoms with van der Waals surface area (Å²) < 4.78 is 1.87. The summed E-state index contributed by atoms with van der Waals surface area (Å²) in [5.41, 5.74) is 0. The molecule has 0 bridgehead atoms. The molecule has 12 heavy (non-hydrogen) atoms. The van der Waals surface area contributed by atoms with Gasteiger partial charge >= 0.3 is 0 Å². The first-order valence-electron chi connectivity index (χ1n) is 4.23. The third-order valence-electron chi connectivity index (χ3n) is 1.80. The molecule has 3 nitrogen and oxygen atoms in total. The van der Waals surface area contributed by atoms with Gasteiger partial charge in [0.15, 0.2) is 5.78 Å². The summed E-state index contributed by atoms with van der Waals surface area (Å²) in [6.07, 6.45) is 5.14.